The van der Waals surface area contributed by atoms with Crippen molar-refractivity contribution >= 4 is 22.1 Å². The Kier molecular flexibility index (Phi) is 2.47. The molecule has 2 heteroatoms. The number of thiophene rings is 1. The molecule has 19 heavy (non-hydrogen) atoms. The molecule has 0 amide bonds. The summed E-state index contributed by atoms with van der Waals surface area (Å²) in [5.41, 5.74) is 11.9. The lowest BCUT2D eigenvalue weighted by Crippen LogP contribution is -2.11. The Morgan fingerprint density at radius 3 is 2.63 bits per heavy atom. The molecule has 0 aliphatic heterocycles. The van der Waals surface area contributed by atoms with Gasteiger partial charge < -0.3 is 5.73 Å². The topological polar surface area (TPSA) is 26.0 Å². The van der Waals surface area contributed by atoms with E-state index in [4.69, 9.17) is 5.73 Å². The summed E-state index contributed by atoms with van der Waals surface area (Å²) in [4.78, 5) is 0. The molecule has 4 rings (SSSR count). The Hall–Kier alpha value is -1.64. The first-order valence-electron chi connectivity index (χ1n) is 6.65. The summed E-state index contributed by atoms with van der Waals surface area (Å²) < 4.78 is 0. The van der Waals surface area contributed by atoms with Crippen molar-refractivity contribution in [2.45, 2.75) is 18.9 Å². The SMILES string of the molecule is NC(c1ccsc1)c1ccc2c3c(cccc13)CC2. The predicted molar refractivity (Wildman–Crippen MR) is 81.7 cm³/mol. The van der Waals surface area contributed by atoms with E-state index in [0.29, 0.717) is 0 Å². The van der Waals surface area contributed by atoms with Gasteiger partial charge in [0, 0.05) is 0 Å². The van der Waals surface area contributed by atoms with Gasteiger partial charge in [0.25, 0.3) is 0 Å². The van der Waals surface area contributed by atoms with E-state index >= 15 is 0 Å². The molecule has 0 saturated heterocycles. The van der Waals surface area contributed by atoms with Crippen molar-refractivity contribution in [2.24, 2.45) is 5.73 Å². The van der Waals surface area contributed by atoms with Crippen LogP contribution in [0.25, 0.3) is 10.8 Å². The molecule has 1 aliphatic rings. The Balaban J connectivity index is 1.97. The summed E-state index contributed by atoms with van der Waals surface area (Å²) in [7, 11) is 0. The average Bonchev–Trinajstić information content (AvgIpc) is 3.09. The van der Waals surface area contributed by atoms with E-state index in [0.717, 1.165) is 0 Å². The van der Waals surface area contributed by atoms with E-state index in [-0.39, 0.29) is 6.04 Å². The van der Waals surface area contributed by atoms with Crippen molar-refractivity contribution in [3.05, 3.63) is 69.4 Å². The molecule has 0 spiro atoms. The van der Waals surface area contributed by atoms with Gasteiger partial charge in [0.2, 0.25) is 0 Å². The van der Waals surface area contributed by atoms with Gasteiger partial charge in [-0.1, -0.05) is 30.3 Å². The normalized spacial score (nSPS) is 15.0. The van der Waals surface area contributed by atoms with E-state index in [1.807, 2.05) is 0 Å². The second-order valence-corrected chi connectivity index (χ2v) is 5.97. The zero-order valence-electron chi connectivity index (χ0n) is 10.6. The minimum atomic E-state index is -0.0175. The highest BCUT2D eigenvalue weighted by molar-refractivity contribution is 7.08. The second kappa shape index (κ2) is 4.19. The monoisotopic (exact) mass is 265 g/mol. The van der Waals surface area contributed by atoms with Crippen molar-refractivity contribution in [1.29, 1.82) is 0 Å². The standard InChI is InChI=1S/C17H15NS/c18-17(13-8-9-19-10-13)15-7-6-12-5-4-11-2-1-3-14(15)16(11)12/h1-3,6-10,17H,4-5,18H2. The largest absolute Gasteiger partial charge is 0.320 e. The summed E-state index contributed by atoms with van der Waals surface area (Å²) in [5.74, 6) is 0. The maximum atomic E-state index is 6.45. The fraction of sp³-hybridized carbons (Fsp3) is 0.176. The molecule has 0 fully saturated rings. The van der Waals surface area contributed by atoms with Gasteiger partial charge in [-0.25, -0.2) is 0 Å². The molecule has 1 aliphatic carbocycles. The van der Waals surface area contributed by atoms with Crippen molar-refractivity contribution in [3.8, 4) is 0 Å². The lowest BCUT2D eigenvalue weighted by Gasteiger charge is -2.15. The molecule has 1 nitrogen and oxygen atoms in total. The highest BCUT2D eigenvalue weighted by Crippen LogP contribution is 2.36. The van der Waals surface area contributed by atoms with Crippen molar-refractivity contribution in [3.63, 3.8) is 0 Å². The van der Waals surface area contributed by atoms with Crippen LogP contribution in [-0.2, 0) is 12.8 Å². The van der Waals surface area contributed by atoms with Gasteiger partial charge in [0.15, 0.2) is 0 Å². The van der Waals surface area contributed by atoms with Gasteiger partial charge in [0.1, 0.15) is 0 Å². The van der Waals surface area contributed by atoms with Crippen LogP contribution < -0.4 is 5.73 Å². The van der Waals surface area contributed by atoms with Crippen molar-refractivity contribution in [1.82, 2.24) is 0 Å². The van der Waals surface area contributed by atoms with Crippen LogP contribution in [0.3, 0.4) is 0 Å². The van der Waals surface area contributed by atoms with Gasteiger partial charge in [-0.15, -0.1) is 0 Å². The number of rotatable bonds is 2. The zero-order chi connectivity index (χ0) is 12.8. The molecule has 1 unspecified atom stereocenters. The van der Waals surface area contributed by atoms with Crippen LogP contribution in [0.4, 0.5) is 0 Å². The Bertz CT molecular complexity index is 733. The van der Waals surface area contributed by atoms with Crippen LogP contribution in [0.2, 0.25) is 0 Å². The van der Waals surface area contributed by atoms with E-state index in [1.54, 1.807) is 11.3 Å². The Labute approximate surface area is 116 Å². The molecule has 0 radical (unpaired) electrons. The molecule has 1 atom stereocenters. The van der Waals surface area contributed by atoms with Crippen molar-refractivity contribution < 1.29 is 0 Å². The number of hydrogen-bond donors (Lipinski definition) is 1. The minimum absolute atomic E-state index is 0.0175. The summed E-state index contributed by atoms with van der Waals surface area (Å²) in [6, 6.07) is 13.2. The highest BCUT2D eigenvalue weighted by atomic mass is 32.1. The quantitative estimate of drug-likeness (QED) is 0.743. The molecule has 1 heterocycles. The van der Waals surface area contributed by atoms with Crippen LogP contribution in [0.1, 0.15) is 28.3 Å². The maximum Gasteiger partial charge on any atom is 0.0566 e. The smallest absolute Gasteiger partial charge is 0.0566 e. The minimum Gasteiger partial charge on any atom is -0.320 e. The third kappa shape index (κ3) is 1.64. The van der Waals surface area contributed by atoms with Gasteiger partial charge in [-0.2, -0.15) is 11.3 Å². The van der Waals surface area contributed by atoms with E-state index in [1.165, 1.54) is 45.9 Å². The van der Waals surface area contributed by atoms with Crippen LogP contribution in [-0.4, -0.2) is 0 Å². The Morgan fingerprint density at radius 1 is 1.00 bits per heavy atom. The third-order valence-electron chi connectivity index (χ3n) is 4.15. The number of nitrogens with two attached hydrogens (primary N) is 1. The van der Waals surface area contributed by atoms with Crippen LogP contribution in [0, 0.1) is 0 Å². The van der Waals surface area contributed by atoms with Gasteiger partial charge >= 0.3 is 0 Å². The van der Waals surface area contributed by atoms with E-state index < -0.39 is 0 Å². The summed E-state index contributed by atoms with van der Waals surface area (Å²) in [5, 5.41) is 7.03. The molecular formula is C17H15NS. The number of aryl methyl sites for hydroxylation is 2. The molecule has 0 bridgehead atoms. The van der Waals surface area contributed by atoms with Crippen molar-refractivity contribution in [2.75, 3.05) is 0 Å². The molecule has 94 valence electrons. The molecule has 1 aromatic heterocycles. The van der Waals surface area contributed by atoms with E-state index in [2.05, 4.69) is 47.2 Å². The molecule has 0 saturated carbocycles. The molecule has 2 N–H and O–H groups in total. The van der Waals surface area contributed by atoms with Crippen LogP contribution in [0.5, 0.6) is 0 Å². The van der Waals surface area contributed by atoms with E-state index in [9.17, 15) is 0 Å². The predicted octanol–water partition coefficient (Wildman–Crippen LogP) is 4.05. The van der Waals surface area contributed by atoms with Crippen LogP contribution >= 0.6 is 11.3 Å². The Morgan fingerprint density at radius 2 is 1.84 bits per heavy atom. The lowest BCUT2D eigenvalue weighted by atomic mass is 9.93. The lowest BCUT2D eigenvalue weighted by molar-refractivity contribution is 0.886. The summed E-state index contributed by atoms with van der Waals surface area (Å²) in [6.45, 7) is 0. The third-order valence-corrected chi connectivity index (χ3v) is 4.85. The molecule has 2 aromatic carbocycles. The maximum absolute atomic E-state index is 6.45. The van der Waals surface area contributed by atoms with Gasteiger partial charge in [-0.3, -0.25) is 0 Å². The van der Waals surface area contributed by atoms with Gasteiger partial charge in [-0.05, 0) is 62.7 Å². The number of hydrogen-bond acceptors (Lipinski definition) is 2. The molecule has 3 aromatic rings. The molecular weight excluding hydrogens is 250 g/mol. The summed E-state index contributed by atoms with van der Waals surface area (Å²) in [6.07, 6.45) is 2.34. The number of benzene rings is 2. The van der Waals surface area contributed by atoms with Crippen LogP contribution in [0.15, 0.2) is 47.2 Å². The first-order valence-corrected chi connectivity index (χ1v) is 7.60. The highest BCUT2D eigenvalue weighted by Gasteiger charge is 2.19. The fourth-order valence-electron chi connectivity index (χ4n) is 3.17. The zero-order valence-corrected chi connectivity index (χ0v) is 11.4. The fourth-order valence-corrected chi connectivity index (χ4v) is 3.87. The van der Waals surface area contributed by atoms with Gasteiger partial charge in [0.05, 0.1) is 6.04 Å². The first kappa shape index (κ1) is 11.2. The average molecular weight is 265 g/mol. The second-order valence-electron chi connectivity index (χ2n) is 5.19. The first-order chi connectivity index (χ1) is 9.34. The summed E-state index contributed by atoms with van der Waals surface area (Å²) >= 11 is 1.71.